The van der Waals surface area contributed by atoms with Crippen LogP contribution in [0.2, 0.25) is 0 Å². The SMILES string of the molecule is COc1ccc(C(C)(C)C)cc1NC(=O)Nc1ccc(Oc2ncnc(NCC3CC3)n2)c2ccccc12. The maximum atomic E-state index is 13.0. The van der Waals surface area contributed by atoms with E-state index in [1.54, 1.807) is 19.2 Å². The van der Waals surface area contributed by atoms with Gasteiger partial charge in [0.25, 0.3) is 0 Å². The van der Waals surface area contributed by atoms with E-state index >= 15 is 0 Å². The molecule has 1 heterocycles. The van der Waals surface area contributed by atoms with Crippen LogP contribution in [0.1, 0.15) is 39.2 Å². The summed E-state index contributed by atoms with van der Waals surface area (Å²) in [7, 11) is 1.58. The summed E-state index contributed by atoms with van der Waals surface area (Å²) in [5, 5.41) is 10.8. The van der Waals surface area contributed by atoms with Gasteiger partial charge >= 0.3 is 12.0 Å². The first kappa shape index (κ1) is 25.3. The van der Waals surface area contributed by atoms with Gasteiger partial charge in [-0.3, -0.25) is 0 Å². The molecule has 9 heteroatoms. The van der Waals surface area contributed by atoms with Crippen LogP contribution in [-0.2, 0) is 5.41 Å². The number of nitrogens with zero attached hydrogens (tertiary/aromatic N) is 3. The molecule has 1 fully saturated rings. The van der Waals surface area contributed by atoms with Crippen molar-refractivity contribution in [3.8, 4) is 17.5 Å². The fourth-order valence-corrected chi connectivity index (χ4v) is 4.09. The van der Waals surface area contributed by atoms with Crippen LogP contribution in [0.25, 0.3) is 10.8 Å². The number of amides is 2. The first-order valence-corrected chi connectivity index (χ1v) is 12.7. The van der Waals surface area contributed by atoms with Gasteiger partial charge in [-0.05, 0) is 54.0 Å². The van der Waals surface area contributed by atoms with Gasteiger partial charge in [-0.15, -0.1) is 0 Å². The molecule has 38 heavy (non-hydrogen) atoms. The number of rotatable bonds is 8. The van der Waals surface area contributed by atoms with Crippen molar-refractivity contribution in [1.82, 2.24) is 15.0 Å². The molecule has 4 aromatic rings. The molecular weight excluding hydrogens is 480 g/mol. The zero-order valence-corrected chi connectivity index (χ0v) is 22.0. The number of ether oxygens (including phenoxy) is 2. The zero-order valence-electron chi connectivity index (χ0n) is 22.0. The Morgan fingerprint density at radius 3 is 2.42 bits per heavy atom. The number of carbonyl (C=O) groups is 1. The van der Waals surface area contributed by atoms with E-state index in [4.69, 9.17) is 9.47 Å². The second-order valence-electron chi connectivity index (χ2n) is 10.4. The number of hydrogen-bond acceptors (Lipinski definition) is 7. The van der Waals surface area contributed by atoms with E-state index in [2.05, 4.69) is 51.7 Å². The van der Waals surface area contributed by atoms with Crippen molar-refractivity contribution in [3.63, 3.8) is 0 Å². The monoisotopic (exact) mass is 512 g/mol. The minimum absolute atomic E-state index is 0.0716. The average Bonchev–Trinajstić information content (AvgIpc) is 3.73. The van der Waals surface area contributed by atoms with E-state index in [9.17, 15) is 4.79 Å². The van der Waals surface area contributed by atoms with Crippen LogP contribution < -0.4 is 25.4 Å². The molecule has 0 bridgehead atoms. The fourth-order valence-electron chi connectivity index (χ4n) is 4.09. The molecule has 2 amide bonds. The van der Waals surface area contributed by atoms with Gasteiger partial charge in [0.2, 0.25) is 5.95 Å². The minimum Gasteiger partial charge on any atom is -0.495 e. The topological polar surface area (TPSA) is 110 Å². The molecule has 0 spiro atoms. The van der Waals surface area contributed by atoms with Crippen molar-refractivity contribution < 1.29 is 14.3 Å². The predicted molar refractivity (Wildman–Crippen MR) is 149 cm³/mol. The van der Waals surface area contributed by atoms with Crippen molar-refractivity contribution in [1.29, 1.82) is 0 Å². The van der Waals surface area contributed by atoms with E-state index in [1.807, 2.05) is 42.5 Å². The third-order valence-corrected chi connectivity index (χ3v) is 6.44. The van der Waals surface area contributed by atoms with Gasteiger partial charge < -0.3 is 25.4 Å². The summed E-state index contributed by atoms with van der Waals surface area (Å²) in [6.45, 7) is 7.21. The standard InChI is InChI=1S/C29H32N6O3/c1-29(2,3)19-11-13-25(37-4)23(15-19)34-27(36)33-22-12-14-24(21-8-6-5-7-20(21)22)38-28-32-17-31-26(35-28)30-16-18-9-10-18/h5-8,11-15,17-18H,9-10,16H2,1-4H3,(H2,33,34,36)(H,30,31,32,35). The quantitative estimate of drug-likeness (QED) is 0.244. The normalized spacial score (nSPS) is 13.2. The second kappa shape index (κ2) is 10.5. The lowest BCUT2D eigenvalue weighted by atomic mass is 9.87. The highest BCUT2D eigenvalue weighted by Gasteiger charge is 2.21. The van der Waals surface area contributed by atoms with Crippen LogP contribution in [0.3, 0.4) is 0 Å². The molecule has 1 aliphatic carbocycles. The van der Waals surface area contributed by atoms with E-state index < -0.39 is 0 Å². The molecule has 1 saturated carbocycles. The second-order valence-corrected chi connectivity index (χ2v) is 10.4. The molecule has 5 rings (SSSR count). The van der Waals surface area contributed by atoms with Crippen LogP contribution in [0.15, 0.2) is 60.9 Å². The van der Waals surface area contributed by atoms with Gasteiger partial charge in [0.05, 0.1) is 18.5 Å². The predicted octanol–water partition coefficient (Wildman–Crippen LogP) is 6.59. The van der Waals surface area contributed by atoms with Gasteiger partial charge in [-0.25, -0.2) is 9.78 Å². The molecule has 1 aromatic heterocycles. The first-order chi connectivity index (χ1) is 18.3. The molecule has 196 valence electrons. The Kier molecular flexibility index (Phi) is 7.00. The van der Waals surface area contributed by atoms with E-state index in [-0.39, 0.29) is 17.5 Å². The van der Waals surface area contributed by atoms with Gasteiger partial charge in [0.15, 0.2) is 0 Å². The fraction of sp³-hybridized carbons (Fsp3) is 0.310. The third kappa shape index (κ3) is 5.94. The van der Waals surface area contributed by atoms with Crippen molar-refractivity contribution in [2.24, 2.45) is 5.92 Å². The average molecular weight is 513 g/mol. The van der Waals surface area contributed by atoms with Crippen LogP contribution >= 0.6 is 0 Å². The summed E-state index contributed by atoms with van der Waals surface area (Å²) in [6, 6.07) is 16.9. The lowest BCUT2D eigenvalue weighted by Crippen LogP contribution is -2.21. The largest absolute Gasteiger partial charge is 0.495 e. The smallest absolute Gasteiger partial charge is 0.326 e. The molecule has 0 atom stereocenters. The molecule has 0 aliphatic heterocycles. The molecule has 0 radical (unpaired) electrons. The highest BCUT2D eigenvalue weighted by atomic mass is 16.5. The Morgan fingerprint density at radius 1 is 0.947 bits per heavy atom. The Labute approximate surface area is 222 Å². The van der Waals surface area contributed by atoms with Crippen LogP contribution in [-0.4, -0.2) is 34.6 Å². The molecule has 1 aliphatic rings. The molecule has 3 N–H and O–H groups in total. The summed E-state index contributed by atoms with van der Waals surface area (Å²) in [6.07, 6.45) is 3.91. The Morgan fingerprint density at radius 2 is 1.68 bits per heavy atom. The number of methoxy groups -OCH3 is 1. The Balaban J connectivity index is 1.35. The van der Waals surface area contributed by atoms with Crippen molar-refractivity contribution in [2.75, 3.05) is 29.6 Å². The summed E-state index contributed by atoms with van der Waals surface area (Å²) >= 11 is 0. The number of hydrogen-bond donors (Lipinski definition) is 3. The number of carbonyl (C=O) groups excluding carboxylic acids is 1. The summed E-state index contributed by atoms with van der Waals surface area (Å²) in [5.74, 6) is 2.35. The van der Waals surface area contributed by atoms with Crippen LogP contribution in [0.5, 0.6) is 17.5 Å². The van der Waals surface area contributed by atoms with E-state index in [0.717, 1.165) is 22.9 Å². The number of nitrogens with one attached hydrogen (secondary N) is 3. The molecule has 3 aromatic carbocycles. The number of benzene rings is 3. The maximum Gasteiger partial charge on any atom is 0.326 e. The maximum absolute atomic E-state index is 13.0. The highest BCUT2D eigenvalue weighted by Crippen LogP contribution is 2.35. The molecule has 9 nitrogen and oxygen atoms in total. The van der Waals surface area contributed by atoms with Gasteiger partial charge in [0.1, 0.15) is 17.8 Å². The number of anilines is 3. The van der Waals surface area contributed by atoms with Gasteiger partial charge in [0, 0.05) is 17.3 Å². The van der Waals surface area contributed by atoms with E-state index in [0.29, 0.717) is 34.7 Å². The van der Waals surface area contributed by atoms with E-state index in [1.165, 1.54) is 19.2 Å². The summed E-state index contributed by atoms with van der Waals surface area (Å²) < 4.78 is 11.5. The number of urea groups is 1. The van der Waals surface area contributed by atoms with Crippen molar-refractivity contribution in [2.45, 2.75) is 39.0 Å². The number of fused-ring (bicyclic) bond motifs is 1. The molecule has 0 unspecified atom stereocenters. The number of aromatic nitrogens is 3. The summed E-state index contributed by atoms with van der Waals surface area (Å²) in [4.78, 5) is 25.8. The Hall–Kier alpha value is -4.40. The van der Waals surface area contributed by atoms with Crippen molar-refractivity contribution in [3.05, 3.63) is 66.5 Å². The summed E-state index contributed by atoms with van der Waals surface area (Å²) in [5.41, 5.74) is 2.25. The minimum atomic E-state index is -0.378. The third-order valence-electron chi connectivity index (χ3n) is 6.44. The lowest BCUT2D eigenvalue weighted by molar-refractivity contribution is 0.262. The van der Waals surface area contributed by atoms with Gasteiger partial charge in [-0.1, -0.05) is 51.1 Å². The molecule has 0 saturated heterocycles. The lowest BCUT2D eigenvalue weighted by Gasteiger charge is -2.21. The highest BCUT2D eigenvalue weighted by molar-refractivity contribution is 6.08. The zero-order chi connectivity index (χ0) is 26.7. The van der Waals surface area contributed by atoms with Crippen LogP contribution in [0.4, 0.5) is 22.1 Å². The van der Waals surface area contributed by atoms with Gasteiger partial charge in [-0.2, -0.15) is 9.97 Å². The van der Waals surface area contributed by atoms with Crippen molar-refractivity contribution >= 4 is 34.1 Å². The molecular formula is C29H32N6O3. The first-order valence-electron chi connectivity index (χ1n) is 12.7. The van der Waals surface area contributed by atoms with Crippen LogP contribution in [0, 0.1) is 5.92 Å². The Bertz CT molecular complexity index is 1460.